The third kappa shape index (κ3) is 5.03. The van der Waals surface area contributed by atoms with Gasteiger partial charge >= 0.3 is 6.09 Å². The van der Waals surface area contributed by atoms with E-state index in [0.29, 0.717) is 18.7 Å². The second kappa shape index (κ2) is 8.79. The Morgan fingerprint density at radius 2 is 1.86 bits per heavy atom. The molecular weight excluding hydrogens is 442 g/mol. The topological polar surface area (TPSA) is 97.5 Å². The molecule has 1 amide bonds. The molecule has 1 aliphatic rings. The van der Waals surface area contributed by atoms with E-state index in [2.05, 4.69) is 26.4 Å². The van der Waals surface area contributed by atoms with E-state index in [1.54, 1.807) is 9.42 Å². The normalized spacial score (nSPS) is 15.1. The van der Waals surface area contributed by atoms with Gasteiger partial charge in [0.15, 0.2) is 11.3 Å². The fourth-order valence-corrected chi connectivity index (χ4v) is 4.37. The first kappa shape index (κ1) is 23.0. The molecule has 1 fully saturated rings. The number of hydrogen-bond donors (Lipinski definition) is 1. The van der Waals surface area contributed by atoms with Crippen molar-refractivity contribution >= 4 is 28.5 Å². The van der Waals surface area contributed by atoms with Gasteiger partial charge in [-0.1, -0.05) is 0 Å². The zero-order valence-electron chi connectivity index (χ0n) is 20.9. The molecule has 1 aliphatic heterocycles. The van der Waals surface area contributed by atoms with Crippen molar-refractivity contribution in [2.45, 2.75) is 59.1 Å². The van der Waals surface area contributed by atoms with Crippen LogP contribution in [0.5, 0.6) is 0 Å². The van der Waals surface area contributed by atoms with Gasteiger partial charge in [0.2, 0.25) is 0 Å². The number of rotatable bonds is 3. The number of anilines is 1. The first-order valence-corrected chi connectivity index (χ1v) is 12.0. The van der Waals surface area contributed by atoms with E-state index < -0.39 is 5.60 Å². The minimum absolute atomic E-state index is 0.239. The Labute approximate surface area is 204 Å². The van der Waals surface area contributed by atoms with Crippen molar-refractivity contribution in [3.8, 4) is 11.4 Å². The number of hydrogen-bond acceptors (Lipinski definition) is 7. The number of nitrogens with one attached hydrogen (secondary N) is 1. The molecule has 0 bridgehead atoms. The molecule has 182 valence electrons. The number of pyridine rings is 2. The summed E-state index contributed by atoms with van der Waals surface area (Å²) >= 11 is 0. The lowest BCUT2D eigenvalue weighted by Crippen LogP contribution is -2.44. The number of aryl methyl sites for hydroxylation is 2. The highest BCUT2D eigenvalue weighted by Crippen LogP contribution is 2.24. The molecule has 9 nitrogen and oxygen atoms in total. The van der Waals surface area contributed by atoms with Crippen molar-refractivity contribution in [2.75, 3.05) is 18.4 Å². The summed E-state index contributed by atoms with van der Waals surface area (Å²) in [5.74, 6) is 0. The van der Waals surface area contributed by atoms with Crippen molar-refractivity contribution in [2.24, 2.45) is 0 Å². The standard InChI is InChI=1S/C26H31N7O2/c1-16-12-22(31-33-15-17(2)28-24(16)33)21-7-6-18-13-20(14-27-23(18)30-21)29-19-8-10-32(11-9-19)25(34)35-26(3,4)5/h6-7,12-15,19,29H,8-11H2,1-5H3. The maximum atomic E-state index is 12.3. The second-order valence-electron chi connectivity index (χ2n) is 10.2. The highest BCUT2D eigenvalue weighted by Gasteiger charge is 2.26. The predicted octanol–water partition coefficient (Wildman–Crippen LogP) is 4.77. The van der Waals surface area contributed by atoms with E-state index in [1.807, 2.05) is 65.2 Å². The monoisotopic (exact) mass is 473 g/mol. The van der Waals surface area contributed by atoms with Gasteiger partial charge < -0.3 is 15.0 Å². The Balaban J connectivity index is 1.27. The first-order chi connectivity index (χ1) is 16.6. The summed E-state index contributed by atoms with van der Waals surface area (Å²) in [5, 5.41) is 9.21. The zero-order chi connectivity index (χ0) is 24.7. The molecule has 0 aromatic carbocycles. The van der Waals surface area contributed by atoms with Crippen molar-refractivity contribution in [3.63, 3.8) is 0 Å². The molecule has 5 rings (SSSR count). The number of fused-ring (bicyclic) bond motifs is 2. The summed E-state index contributed by atoms with van der Waals surface area (Å²) in [4.78, 5) is 28.0. The number of imidazole rings is 1. The SMILES string of the molecule is Cc1cn2nc(-c3ccc4cc(NC5CCN(C(=O)OC(C)(C)C)CC5)cnc4n3)cc(C)c2n1. The molecule has 4 aromatic rings. The van der Waals surface area contributed by atoms with Crippen molar-refractivity contribution in [1.82, 2.24) is 29.5 Å². The van der Waals surface area contributed by atoms with Gasteiger partial charge in [0.25, 0.3) is 0 Å². The second-order valence-corrected chi connectivity index (χ2v) is 10.2. The predicted molar refractivity (Wildman–Crippen MR) is 135 cm³/mol. The summed E-state index contributed by atoms with van der Waals surface area (Å²) in [6.45, 7) is 11.0. The molecule has 4 aromatic heterocycles. The first-order valence-electron chi connectivity index (χ1n) is 12.0. The van der Waals surface area contributed by atoms with Crippen molar-refractivity contribution in [3.05, 3.63) is 47.9 Å². The van der Waals surface area contributed by atoms with Crippen LogP contribution in [0, 0.1) is 13.8 Å². The van der Waals surface area contributed by atoms with E-state index in [-0.39, 0.29) is 12.1 Å². The number of aromatic nitrogens is 5. The van der Waals surface area contributed by atoms with Gasteiger partial charge in [-0.15, -0.1) is 0 Å². The Bertz CT molecular complexity index is 1400. The molecule has 0 aliphatic carbocycles. The van der Waals surface area contributed by atoms with Crippen LogP contribution in [0.2, 0.25) is 0 Å². The number of carbonyl (C=O) groups excluding carboxylic acids is 1. The maximum Gasteiger partial charge on any atom is 0.410 e. The lowest BCUT2D eigenvalue weighted by atomic mass is 10.0. The minimum Gasteiger partial charge on any atom is -0.444 e. The number of amides is 1. The van der Waals surface area contributed by atoms with Crippen LogP contribution in [0.3, 0.4) is 0 Å². The lowest BCUT2D eigenvalue weighted by Gasteiger charge is -2.34. The van der Waals surface area contributed by atoms with E-state index in [9.17, 15) is 4.79 Å². The fourth-order valence-electron chi connectivity index (χ4n) is 4.37. The van der Waals surface area contributed by atoms with E-state index in [1.165, 1.54) is 0 Å². The largest absolute Gasteiger partial charge is 0.444 e. The third-order valence-corrected chi connectivity index (χ3v) is 6.05. The van der Waals surface area contributed by atoms with Crippen molar-refractivity contribution in [1.29, 1.82) is 0 Å². The summed E-state index contributed by atoms with van der Waals surface area (Å²) in [6, 6.07) is 8.36. The van der Waals surface area contributed by atoms with Gasteiger partial charge in [0.05, 0.1) is 29.5 Å². The molecule has 0 radical (unpaired) electrons. The van der Waals surface area contributed by atoms with Crippen LogP contribution in [0.1, 0.15) is 44.9 Å². The molecule has 0 spiro atoms. The molecule has 0 unspecified atom stereocenters. The summed E-state index contributed by atoms with van der Waals surface area (Å²) in [5.41, 5.74) is 5.55. The quantitative estimate of drug-likeness (QED) is 0.458. The van der Waals surface area contributed by atoms with Crippen LogP contribution >= 0.6 is 0 Å². The Kier molecular flexibility index (Phi) is 5.78. The van der Waals surface area contributed by atoms with Gasteiger partial charge in [-0.2, -0.15) is 5.10 Å². The van der Waals surface area contributed by atoms with Crippen LogP contribution in [-0.4, -0.2) is 60.3 Å². The summed E-state index contributed by atoms with van der Waals surface area (Å²) < 4.78 is 7.30. The van der Waals surface area contributed by atoms with E-state index in [4.69, 9.17) is 9.72 Å². The molecule has 1 saturated heterocycles. The highest BCUT2D eigenvalue weighted by atomic mass is 16.6. The van der Waals surface area contributed by atoms with Gasteiger partial charge in [-0.05, 0) is 77.3 Å². The summed E-state index contributed by atoms with van der Waals surface area (Å²) in [6.07, 6.45) is 5.21. The molecule has 9 heteroatoms. The smallest absolute Gasteiger partial charge is 0.410 e. The Hall–Kier alpha value is -3.75. The number of ether oxygens (including phenoxy) is 1. The third-order valence-electron chi connectivity index (χ3n) is 6.05. The van der Waals surface area contributed by atoms with Crippen molar-refractivity contribution < 1.29 is 9.53 Å². The lowest BCUT2D eigenvalue weighted by molar-refractivity contribution is 0.0210. The van der Waals surface area contributed by atoms with Gasteiger partial charge in [0.1, 0.15) is 11.3 Å². The molecule has 0 saturated carbocycles. The Morgan fingerprint density at radius 1 is 1.09 bits per heavy atom. The molecule has 35 heavy (non-hydrogen) atoms. The van der Waals surface area contributed by atoms with Crippen LogP contribution in [-0.2, 0) is 4.74 Å². The highest BCUT2D eigenvalue weighted by molar-refractivity contribution is 5.81. The molecule has 0 atom stereocenters. The van der Waals surface area contributed by atoms with Crippen LogP contribution < -0.4 is 5.32 Å². The van der Waals surface area contributed by atoms with Crippen LogP contribution in [0.25, 0.3) is 28.1 Å². The summed E-state index contributed by atoms with van der Waals surface area (Å²) in [7, 11) is 0. The number of likely N-dealkylation sites (tertiary alicyclic amines) is 1. The van der Waals surface area contributed by atoms with E-state index in [0.717, 1.165) is 52.2 Å². The van der Waals surface area contributed by atoms with Crippen LogP contribution in [0.4, 0.5) is 10.5 Å². The number of carbonyl (C=O) groups is 1. The minimum atomic E-state index is -0.475. The fraction of sp³-hybridized carbons (Fsp3) is 0.423. The van der Waals surface area contributed by atoms with Gasteiger partial charge in [-0.25, -0.2) is 24.3 Å². The average Bonchev–Trinajstić information content (AvgIpc) is 3.19. The van der Waals surface area contributed by atoms with Gasteiger partial charge in [0, 0.05) is 24.5 Å². The van der Waals surface area contributed by atoms with Crippen LogP contribution in [0.15, 0.2) is 36.7 Å². The number of nitrogens with zero attached hydrogens (tertiary/aromatic N) is 6. The molecular formula is C26H31N7O2. The average molecular weight is 474 g/mol. The Morgan fingerprint density at radius 3 is 2.60 bits per heavy atom. The zero-order valence-corrected chi connectivity index (χ0v) is 20.9. The number of piperidine rings is 1. The van der Waals surface area contributed by atoms with E-state index >= 15 is 0 Å². The van der Waals surface area contributed by atoms with Gasteiger partial charge in [-0.3, -0.25) is 0 Å². The maximum absolute atomic E-state index is 12.3. The molecule has 5 heterocycles. The molecule has 1 N–H and O–H groups in total.